The van der Waals surface area contributed by atoms with Crippen molar-refractivity contribution in [1.29, 1.82) is 0 Å². The largest absolute Gasteiger partial charge is 0.360 e. The zero-order valence-electron chi connectivity index (χ0n) is 15.1. The summed E-state index contributed by atoms with van der Waals surface area (Å²) in [6, 6.07) is 17.0. The lowest BCUT2D eigenvalue weighted by atomic mass is 10.1. The highest BCUT2D eigenvalue weighted by Gasteiger charge is 2.22. The minimum Gasteiger partial charge on any atom is -0.360 e. The normalized spacial score (nSPS) is 15.0. The number of nitrogens with one attached hydrogen (secondary N) is 2. The lowest BCUT2D eigenvalue weighted by Gasteiger charge is -2.33. The molecular weight excluding hydrogens is 329 g/mol. The highest BCUT2D eigenvalue weighted by Crippen LogP contribution is 2.14. The van der Waals surface area contributed by atoms with Gasteiger partial charge in [0.1, 0.15) is 5.82 Å². The first-order valence-corrected chi connectivity index (χ1v) is 9.35. The third-order valence-corrected chi connectivity index (χ3v) is 4.88. The lowest BCUT2D eigenvalue weighted by molar-refractivity contribution is -0.892. The van der Waals surface area contributed by atoms with Crippen LogP contribution in [0, 0.1) is 5.82 Å². The summed E-state index contributed by atoms with van der Waals surface area (Å²) in [6.07, 6.45) is 1.95. The van der Waals surface area contributed by atoms with Gasteiger partial charge in [0.25, 0.3) is 5.91 Å². The molecule has 0 unspecified atom stereocenters. The maximum absolute atomic E-state index is 13.0. The quantitative estimate of drug-likeness (QED) is 0.734. The molecule has 0 aromatic heterocycles. The summed E-state index contributed by atoms with van der Waals surface area (Å²) in [7, 11) is 0. The van der Waals surface area contributed by atoms with Gasteiger partial charge in [-0.2, -0.15) is 0 Å². The van der Waals surface area contributed by atoms with Gasteiger partial charge in [-0.15, -0.1) is 0 Å². The number of halogens is 1. The molecule has 1 fully saturated rings. The molecule has 2 aromatic rings. The van der Waals surface area contributed by atoms with E-state index in [-0.39, 0.29) is 11.7 Å². The fraction of sp³-hybridized carbons (Fsp3) is 0.381. The van der Waals surface area contributed by atoms with Gasteiger partial charge in [0, 0.05) is 12.2 Å². The molecule has 0 radical (unpaired) electrons. The average molecular weight is 356 g/mol. The van der Waals surface area contributed by atoms with Gasteiger partial charge in [-0.3, -0.25) is 4.79 Å². The Morgan fingerprint density at radius 3 is 2.42 bits per heavy atom. The molecule has 2 aromatic carbocycles. The highest BCUT2D eigenvalue weighted by molar-refractivity contribution is 5.76. The van der Waals surface area contributed by atoms with Crippen LogP contribution in [0.1, 0.15) is 12.0 Å². The van der Waals surface area contributed by atoms with E-state index in [0.29, 0.717) is 6.54 Å². The predicted molar refractivity (Wildman–Crippen MR) is 102 cm³/mol. The third kappa shape index (κ3) is 5.56. The Bertz CT molecular complexity index is 682. The average Bonchev–Trinajstić information content (AvgIpc) is 2.67. The number of piperazine rings is 1. The minimum atomic E-state index is -0.207. The number of anilines is 1. The van der Waals surface area contributed by atoms with E-state index in [1.807, 2.05) is 30.3 Å². The number of quaternary nitrogens is 1. The van der Waals surface area contributed by atoms with Crippen LogP contribution >= 0.6 is 0 Å². The highest BCUT2D eigenvalue weighted by atomic mass is 19.1. The summed E-state index contributed by atoms with van der Waals surface area (Å²) < 4.78 is 13.0. The summed E-state index contributed by atoms with van der Waals surface area (Å²) in [4.78, 5) is 15.7. The van der Waals surface area contributed by atoms with E-state index in [9.17, 15) is 9.18 Å². The Hall–Kier alpha value is -2.40. The van der Waals surface area contributed by atoms with Crippen LogP contribution in [0.5, 0.6) is 0 Å². The molecular formula is C21H27FN3O+. The Morgan fingerprint density at radius 1 is 1.04 bits per heavy atom. The van der Waals surface area contributed by atoms with Gasteiger partial charge >= 0.3 is 0 Å². The second-order valence-corrected chi connectivity index (χ2v) is 6.83. The standard InChI is InChI=1S/C21H26FN3O/c22-19-8-10-20(11-9-19)25-15-13-24(14-16-25)17-21(26)23-12-4-7-18-5-2-1-3-6-18/h1-3,5-6,8-11H,4,7,12-17H2,(H,23,26)/p+1. The molecule has 1 aliphatic heterocycles. The van der Waals surface area contributed by atoms with E-state index in [2.05, 4.69) is 22.3 Å². The van der Waals surface area contributed by atoms with E-state index in [0.717, 1.165) is 51.3 Å². The molecule has 2 N–H and O–H groups in total. The van der Waals surface area contributed by atoms with Gasteiger partial charge in [-0.05, 0) is 42.7 Å². The Labute approximate surface area is 154 Å². The topological polar surface area (TPSA) is 36.8 Å². The van der Waals surface area contributed by atoms with Crippen molar-refractivity contribution in [2.75, 3.05) is 44.2 Å². The molecule has 1 heterocycles. The van der Waals surface area contributed by atoms with Crippen molar-refractivity contribution < 1.29 is 14.1 Å². The molecule has 3 rings (SSSR count). The van der Waals surface area contributed by atoms with Crippen LogP contribution in [0.2, 0.25) is 0 Å². The van der Waals surface area contributed by atoms with Gasteiger partial charge < -0.3 is 15.1 Å². The maximum Gasteiger partial charge on any atom is 0.275 e. The van der Waals surface area contributed by atoms with Crippen LogP contribution in [0.3, 0.4) is 0 Å². The van der Waals surface area contributed by atoms with Crippen molar-refractivity contribution in [3.63, 3.8) is 0 Å². The zero-order chi connectivity index (χ0) is 18.2. The summed E-state index contributed by atoms with van der Waals surface area (Å²) >= 11 is 0. The molecule has 1 aliphatic rings. The van der Waals surface area contributed by atoms with E-state index >= 15 is 0 Å². The number of rotatable bonds is 7. The number of aryl methyl sites for hydroxylation is 1. The van der Waals surface area contributed by atoms with Crippen LogP contribution in [0.15, 0.2) is 54.6 Å². The molecule has 1 saturated heterocycles. The van der Waals surface area contributed by atoms with Gasteiger partial charge in [0.2, 0.25) is 0 Å². The zero-order valence-corrected chi connectivity index (χ0v) is 15.1. The number of hydrogen-bond donors (Lipinski definition) is 2. The smallest absolute Gasteiger partial charge is 0.275 e. The van der Waals surface area contributed by atoms with Crippen molar-refractivity contribution in [3.8, 4) is 0 Å². The summed E-state index contributed by atoms with van der Waals surface area (Å²) in [5.74, 6) is -0.0785. The molecule has 0 saturated carbocycles. The summed E-state index contributed by atoms with van der Waals surface area (Å²) in [6.45, 7) is 4.89. The SMILES string of the molecule is O=C(C[NH+]1CCN(c2ccc(F)cc2)CC1)NCCCc1ccccc1. The fourth-order valence-corrected chi connectivity index (χ4v) is 3.36. The monoisotopic (exact) mass is 356 g/mol. The van der Waals surface area contributed by atoms with Crippen molar-refractivity contribution in [2.24, 2.45) is 0 Å². The van der Waals surface area contributed by atoms with Gasteiger partial charge in [-0.25, -0.2) is 4.39 Å². The van der Waals surface area contributed by atoms with E-state index < -0.39 is 0 Å². The van der Waals surface area contributed by atoms with Crippen LogP contribution in [0.4, 0.5) is 10.1 Å². The van der Waals surface area contributed by atoms with Crippen molar-refractivity contribution >= 4 is 11.6 Å². The second kappa shape index (κ2) is 9.34. The van der Waals surface area contributed by atoms with Gasteiger partial charge in [0.15, 0.2) is 6.54 Å². The first kappa shape index (κ1) is 18.4. The molecule has 0 atom stereocenters. The number of carbonyl (C=O) groups is 1. The van der Waals surface area contributed by atoms with Crippen LogP contribution in [-0.2, 0) is 11.2 Å². The van der Waals surface area contributed by atoms with Crippen LogP contribution in [-0.4, -0.2) is 45.2 Å². The number of amides is 1. The minimum absolute atomic E-state index is 0.128. The van der Waals surface area contributed by atoms with E-state index in [4.69, 9.17) is 0 Å². The number of carbonyl (C=O) groups excluding carboxylic acids is 1. The number of benzene rings is 2. The van der Waals surface area contributed by atoms with E-state index in [1.165, 1.54) is 22.6 Å². The van der Waals surface area contributed by atoms with Crippen molar-refractivity contribution in [2.45, 2.75) is 12.8 Å². The molecule has 5 heteroatoms. The lowest BCUT2D eigenvalue weighted by Crippen LogP contribution is -3.15. The summed E-state index contributed by atoms with van der Waals surface area (Å²) in [5.41, 5.74) is 2.36. The first-order chi connectivity index (χ1) is 12.7. The molecule has 1 amide bonds. The van der Waals surface area contributed by atoms with Crippen molar-refractivity contribution in [3.05, 3.63) is 66.0 Å². The Morgan fingerprint density at radius 2 is 1.73 bits per heavy atom. The molecule has 26 heavy (non-hydrogen) atoms. The Balaban J connectivity index is 1.32. The van der Waals surface area contributed by atoms with E-state index in [1.54, 1.807) is 0 Å². The first-order valence-electron chi connectivity index (χ1n) is 9.35. The van der Waals surface area contributed by atoms with Gasteiger partial charge in [-0.1, -0.05) is 30.3 Å². The van der Waals surface area contributed by atoms with Crippen LogP contribution < -0.4 is 15.1 Å². The molecule has 0 bridgehead atoms. The maximum atomic E-state index is 13.0. The molecule has 138 valence electrons. The van der Waals surface area contributed by atoms with Crippen LogP contribution in [0.25, 0.3) is 0 Å². The second-order valence-electron chi connectivity index (χ2n) is 6.83. The Kier molecular flexibility index (Phi) is 6.61. The molecule has 0 aliphatic carbocycles. The fourth-order valence-electron chi connectivity index (χ4n) is 3.36. The third-order valence-electron chi connectivity index (χ3n) is 4.88. The summed E-state index contributed by atoms with van der Waals surface area (Å²) in [5, 5.41) is 3.03. The predicted octanol–water partition coefficient (Wildman–Crippen LogP) is 1.28. The molecule has 0 spiro atoms. The molecule has 4 nitrogen and oxygen atoms in total. The number of hydrogen-bond acceptors (Lipinski definition) is 2. The number of nitrogens with zero attached hydrogens (tertiary/aromatic N) is 1. The van der Waals surface area contributed by atoms with Crippen molar-refractivity contribution in [1.82, 2.24) is 5.32 Å². The van der Waals surface area contributed by atoms with Gasteiger partial charge in [0.05, 0.1) is 26.2 Å².